The van der Waals surface area contributed by atoms with Crippen LogP contribution < -0.4 is 10.3 Å². The zero-order chi connectivity index (χ0) is 18.7. The monoisotopic (exact) mass is 348 g/mol. The molecule has 3 aromatic rings. The van der Waals surface area contributed by atoms with E-state index >= 15 is 0 Å². The fraction of sp³-hybridized carbons (Fsp3) is 0.0556. The number of fused-ring (bicyclic) bond motifs is 1. The van der Waals surface area contributed by atoms with Crippen molar-refractivity contribution in [2.24, 2.45) is 0 Å². The van der Waals surface area contributed by atoms with Gasteiger partial charge in [0.05, 0.1) is 28.5 Å². The van der Waals surface area contributed by atoms with Gasteiger partial charge in [0.15, 0.2) is 11.6 Å². The summed E-state index contributed by atoms with van der Waals surface area (Å²) in [6.07, 6.45) is 1.42. The highest BCUT2D eigenvalue weighted by Gasteiger charge is 2.15. The molecule has 0 aliphatic carbocycles. The molecule has 3 rings (SSSR count). The molecule has 0 bridgehead atoms. The largest absolute Gasteiger partial charge is 0.490 e. The van der Waals surface area contributed by atoms with Crippen molar-refractivity contribution >= 4 is 28.2 Å². The lowest BCUT2D eigenvalue weighted by Gasteiger charge is -2.04. The van der Waals surface area contributed by atoms with E-state index in [1.54, 1.807) is 30.3 Å². The van der Waals surface area contributed by atoms with Gasteiger partial charge in [-0.2, -0.15) is 5.26 Å². The maximum Gasteiger partial charge on any atom is 0.311 e. The van der Waals surface area contributed by atoms with E-state index in [-0.39, 0.29) is 28.4 Å². The Balaban J connectivity index is 2.13. The number of H-pyrrole nitrogens is 1. The van der Waals surface area contributed by atoms with Gasteiger partial charge < -0.3 is 9.72 Å². The minimum atomic E-state index is -0.571. The molecular weight excluding hydrogens is 336 g/mol. The summed E-state index contributed by atoms with van der Waals surface area (Å²) in [7, 11) is 1.34. The van der Waals surface area contributed by atoms with Crippen LogP contribution in [0.15, 0.2) is 47.3 Å². The van der Waals surface area contributed by atoms with Crippen molar-refractivity contribution in [3.63, 3.8) is 0 Å². The van der Waals surface area contributed by atoms with E-state index in [2.05, 4.69) is 9.97 Å². The van der Waals surface area contributed by atoms with Crippen molar-refractivity contribution < 1.29 is 9.66 Å². The highest BCUT2D eigenvalue weighted by Crippen LogP contribution is 2.29. The Morgan fingerprint density at radius 1 is 1.35 bits per heavy atom. The van der Waals surface area contributed by atoms with E-state index in [4.69, 9.17) is 4.74 Å². The molecule has 0 radical (unpaired) electrons. The first-order valence-corrected chi connectivity index (χ1v) is 7.47. The second-order valence-electron chi connectivity index (χ2n) is 5.29. The SMILES string of the molecule is COc1ccc(/C=C(\C#N)c2nc3ccccc3c(=O)[nH]2)cc1[N+](=O)[O-]. The fourth-order valence-electron chi connectivity index (χ4n) is 2.47. The second-order valence-corrected chi connectivity index (χ2v) is 5.29. The first-order chi connectivity index (χ1) is 12.5. The molecule has 0 amide bonds. The van der Waals surface area contributed by atoms with E-state index in [0.29, 0.717) is 16.5 Å². The molecule has 8 heteroatoms. The standard InChI is InChI=1S/C18H12N4O4/c1-26-16-7-6-11(9-15(16)22(24)25)8-12(10-19)17-20-14-5-3-2-4-13(14)18(23)21-17/h2-9H,1H3,(H,20,21,23)/b12-8+. The number of allylic oxidation sites excluding steroid dienone is 1. The van der Waals surface area contributed by atoms with E-state index in [1.807, 2.05) is 6.07 Å². The lowest BCUT2D eigenvalue weighted by molar-refractivity contribution is -0.385. The minimum absolute atomic E-state index is 0.0762. The zero-order valence-corrected chi connectivity index (χ0v) is 13.6. The third-order valence-electron chi connectivity index (χ3n) is 3.70. The summed E-state index contributed by atoms with van der Waals surface area (Å²) in [6, 6.07) is 13.0. The lowest BCUT2D eigenvalue weighted by atomic mass is 10.1. The number of methoxy groups -OCH3 is 1. The van der Waals surface area contributed by atoms with Gasteiger partial charge in [-0.1, -0.05) is 18.2 Å². The topological polar surface area (TPSA) is 122 Å². The third kappa shape index (κ3) is 3.14. The van der Waals surface area contributed by atoms with E-state index < -0.39 is 4.92 Å². The van der Waals surface area contributed by atoms with Crippen LogP contribution in [-0.4, -0.2) is 22.0 Å². The van der Waals surface area contributed by atoms with E-state index in [9.17, 15) is 20.2 Å². The number of hydrogen-bond donors (Lipinski definition) is 1. The van der Waals surface area contributed by atoms with Gasteiger partial charge in [-0.05, 0) is 29.8 Å². The average Bonchev–Trinajstić information content (AvgIpc) is 2.65. The molecule has 0 aliphatic heterocycles. The first kappa shape index (κ1) is 16.9. The van der Waals surface area contributed by atoms with Gasteiger partial charge in [0, 0.05) is 6.07 Å². The molecule has 0 atom stereocenters. The molecule has 26 heavy (non-hydrogen) atoms. The van der Waals surface area contributed by atoms with E-state index in [1.165, 1.54) is 25.3 Å². The van der Waals surface area contributed by atoms with Crippen molar-refractivity contribution in [2.45, 2.75) is 0 Å². The maximum atomic E-state index is 12.2. The number of nitriles is 1. The average molecular weight is 348 g/mol. The number of hydrogen-bond acceptors (Lipinski definition) is 6. The molecule has 0 aliphatic rings. The number of rotatable bonds is 4. The third-order valence-corrected chi connectivity index (χ3v) is 3.70. The maximum absolute atomic E-state index is 12.2. The normalized spacial score (nSPS) is 11.2. The summed E-state index contributed by atoms with van der Waals surface area (Å²) >= 11 is 0. The Morgan fingerprint density at radius 3 is 2.81 bits per heavy atom. The molecule has 1 aromatic heterocycles. The molecule has 2 aromatic carbocycles. The lowest BCUT2D eigenvalue weighted by Crippen LogP contribution is -2.11. The van der Waals surface area contributed by atoms with Crippen molar-refractivity contribution in [1.29, 1.82) is 5.26 Å². The number of nitrogens with one attached hydrogen (secondary N) is 1. The first-order valence-electron chi connectivity index (χ1n) is 7.47. The summed E-state index contributed by atoms with van der Waals surface area (Å²) in [4.78, 5) is 29.6. The Hall–Kier alpha value is -3.99. The molecule has 0 saturated carbocycles. The van der Waals surface area contributed by atoms with Crippen LogP contribution in [0.3, 0.4) is 0 Å². The van der Waals surface area contributed by atoms with Crippen molar-refractivity contribution in [1.82, 2.24) is 9.97 Å². The number of nitro benzene ring substituents is 1. The predicted molar refractivity (Wildman–Crippen MR) is 95.5 cm³/mol. The van der Waals surface area contributed by atoms with Gasteiger partial charge in [-0.15, -0.1) is 0 Å². The second kappa shape index (κ2) is 6.86. The molecule has 0 saturated heterocycles. The summed E-state index contributed by atoms with van der Waals surface area (Å²) in [5.74, 6) is 0.206. The predicted octanol–water partition coefficient (Wildman–Crippen LogP) is 2.90. The van der Waals surface area contributed by atoms with Crippen molar-refractivity contribution in [3.05, 3.63) is 74.3 Å². The minimum Gasteiger partial charge on any atom is -0.490 e. The smallest absolute Gasteiger partial charge is 0.311 e. The number of nitro groups is 1. The number of ether oxygens (including phenoxy) is 1. The zero-order valence-electron chi connectivity index (χ0n) is 13.6. The van der Waals surface area contributed by atoms with Gasteiger partial charge in [0.25, 0.3) is 5.56 Å². The Morgan fingerprint density at radius 2 is 2.12 bits per heavy atom. The molecule has 0 fully saturated rings. The Kier molecular flexibility index (Phi) is 4.45. The van der Waals surface area contributed by atoms with Crippen molar-refractivity contribution in [2.75, 3.05) is 7.11 Å². The molecule has 0 unspecified atom stereocenters. The molecule has 128 valence electrons. The number of aromatic nitrogens is 2. The number of para-hydroxylation sites is 1. The Labute approximate surface area is 147 Å². The molecular formula is C18H12N4O4. The van der Waals surface area contributed by atoms with Crippen LogP contribution in [0.2, 0.25) is 0 Å². The van der Waals surface area contributed by atoms with Gasteiger partial charge >= 0.3 is 5.69 Å². The number of nitrogens with zero attached hydrogens (tertiary/aromatic N) is 3. The highest BCUT2D eigenvalue weighted by atomic mass is 16.6. The van der Waals surface area contributed by atoms with Gasteiger partial charge in [0.2, 0.25) is 0 Å². The summed E-state index contributed by atoms with van der Waals surface area (Å²) in [5.41, 5.74) is 0.344. The van der Waals surface area contributed by atoms with Crippen LogP contribution in [0.5, 0.6) is 5.75 Å². The molecule has 1 heterocycles. The molecule has 0 spiro atoms. The van der Waals surface area contributed by atoms with Crippen LogP contribution in [0.1, 0.15) is 11.4 Å². The molecule has 8 nitrogen and oxygen atoms in total. The van der Waals surface area contributed by atoms with Crippen LogP contribution in [0, 0.1) is 21.4 Å². The number of aromatic amines is 1. The van der Waals surface area contributed by atoms with Gasteiger partial charge in [-0.3, -0.25) is 14.9 Å². The summed E-state index contributed by atoms with van der Waals surface area (Å²) in [6.45, 7) is 0. The van der Waals surface area contributed by atoms with Crippen LogP contribution in [0.25, 0.3) is 22.6 Å². The van der Waals surface area contributed by atoms with Gasteiger partial charge in [0.1, 0.15) is 6.07 Å². The van der Waals surface area contributed by atoms with Crippen LogP contribution in [-0.2, 0) is 0 Å². The van der Waals surface area contributed by atoms with Crippen LogP contribution in [0.4, 0.5) is 5.69 Å². The highest BCUT2D eigenvalue weighted by molar-refractivity contribution is 5.89. The number of benzene rings is 2. The van der Waals surface area contributed by atoms with Crippen LogP contribution >= 0.6 is 0 Å². The molecule has 1 N–H and O–H groups in total. The van der Waals surface area contributed by atoms with E-state index in [0.717, 1.165) is 0 Å². The summed E-state index contributed by atoms with van der Waals surface area (Å²) in [5, 5.41) is 21.0. The quantitative estimate of drug-likeness (QED) is 0.439. The van der Waals surface area contributed by atoms with Gasteiger partial charge in [-0.25, -0.2) is 4.98 Å². The van der Waals surface area contributed by atoms with Crippen molar-refractivity contribution in [3.8, 4) is 11.8 Å². The summed E-state index contributed by atoms with van der Waals surface area (Å²) < 4.78 is 4.95. The Bertz CT molecular complexity index is 1140. The fourth-order valence-corrected chi connectivity index (χ4v) is 2.47.